The molecule has 0 saturated carbocycles. The minimum atomic E-state index is -0.435. The molecule has 3 amide bonds. The Morgan fingerprint density at radius 1 is 1.22 bits per heavy atom. The fraction of sp³-hybridized carbons (Fsp3) is 0.350. The number of carbonyl (C=O) groups excluding carboxylic acids is 3. The summed E-state index contributed by atoms with van der Waals surface area (Å²) in [4.78, 5) is 40.7. The average molecular weight is 369 g/mol. The Hall–Kier alpha value is -3.09. The summed E-state index contributed by atoms with van der Waals surface area (Å²) in [5, 5.41) is 2.77. The van der Waals surface area contributed by atoms with Crippen molar-refractivity contribution in [3.8, 4) is 0 Å². The van der Waals surface area contributed by atoms with E-state index >= 15 is 0 Å². The predicted molar refractivity (Wildman–Crippen MR) is 101 cm³/mol. The van der Waals surface area contributed by atoms with E-state index in [0.717, 1.165) is 12.0 Å². The molecular formula is C20H23N3O4. The smallest absolute Gasteiger partial charge is 0.291 e. The van der Waals surface area contributed by atoms with Crippen molar-refractivity contribution in [2.24, 2.45) is 0 Å². The molecule has 7 heteroatoms. The lowest BCUT2D eigenvalue weighted by Crippen LogP contribution is -2.45. The average Bonchev–Trinajstić information content (AvgIpc) is 3.34. The van der Waals surface area contributed by atoms with Crippen molar-refractivity contribution in [2.45, 2.75) is 25.8 Å². The van der Waals surface area contributed by atoms with Gasteiger partial charge in [-0.1, -0.05) is 6.07 Å². The highest BCUT2D eigenvalue weighted by Crippen LogP contribution is 2.24. The molecule has 0 bridgehead atoms. The lowest BCUT2D eigenvalue weighted by molar-refractivity contribution is -0.132. The number of aryl methyl sites for hydroxylation is 1. The highest BCUT2D eigenvalue weighted by Gasteiger charge is 2.35. The van der Waals surface area contributed by atoms with Gasteiger partial charge in [0.1, 0.15) is 6.04 Å². The van der Waals surface area contributed by atoms with Crippen LogP contribution in [0.3, 0.4) is 0 Å². The van der Waals surface area contributed by atoms with Crippen LogP contribution in [-0.2, 0) is 4.79 Å². The van der Waals surface area contributed by atoms with E-state index < -0.39 is 6.04 Å². The number of hydrogen-bond donors (Lipinski definition) is 1. The van der Waals surface area contributed by atoms with Crippen LogP contribution in [0.2, 0.25) is 0 Å². The number of hydrogen-bond acceptors (Lipinski definition) is 4. The van der Waals surface area contributed by atoms with Gasteiger partial charge in [-0.2, -0.15) is 0 Å². The maximum atomic E-state index is 13.0. The van der Waals surface area contributed by atoms with Crippen molar-refractivity contribution in [3.05, 3.63) is 53.5 Å². The first-order valence-corrected chi connectivity index (χ1v) is 8.86. The van der Waals surface area contributed by atoms with Crippen LogP contribution in [0.5, 0.6) is 0 Å². The summed E-state index contributed by atoms with van der Waals surface area (Å²) >= 11 is 0. The molecule has 1 N–H and O–H groups in total. The quantitative estimate of drug-likeness (QED) is 0.898. The number of benzene rings is 1. The summed E-state index contributed by atoms with van der Waals surface area (Å²) in [6, 6.07) is 7.92. The highest BCUT2D eigenvalue weighted by atomic mass is 16.3. The normalized spacial score (nSPS) is 16.3. The second-order valence-corrected chi connectivity index (χ2v) is 6.85. The SMILES string of the molecule is Cc1ccc(C(=O)N2CCCC2C(=O)N(C)C)cc1NC(=O)c1ccco1. The third-order valence-electron chi connectivity index (χ3n) is 4.72. The van der Waals surface area contributed by atoms with Gasteiger partial charge in [0.15, 0.2) is 5.76 Å². The summed E-state index contributed by atoms with van der Waals surface area (Å²) in [5.41, 5.74) is 1.81. The van der Waals surface area contributed by atoms with Crippen LogP contribution in [0.4, 0.5) is 5.69 Å². The summed E-state index contributed by atoms with van der Waals surface area (Å²) in [6.07, 6.45) is 2.89. The van der Waals surface area contributed by atoms with Crippen molar-refractivity contribution in [1.29, 1.82) is 0 Å². The van der Waals surface area contributed by atoms with E-state index in [-0.39, 0.29) is 23.5 Å². The number of nitrogens with one attached hydrogen (secondary N) is 1. The molecule has 1 unspecified atom stereocenters. The molecule has 7 nitrogen and oxygen atoms in total. The fourth-order valence-electron chi connectivity index (χ4n) is 3.21. The molecule has 27 heavy (non-hydrogen) atoms. The Labute approximate surface area is 157 Å². The fourth-order valence-corrected chi connectivity index (χ4v) is 3.21. The van der Waals surface area contributed by atoms with Crippen molar-refractivity contribution in [2.75, 3.05) is 26.0 Å². The van der Waals surface area contributed by atoms with Crippen LogP contribution in [0, 0.1) is 6.92 Å². The molecule has 3 rings (SSSR count). The molecule has 0 radical (unpaired) electrons. The number of likely N-dealkylation sites (N-methyl/N-ethyl adjacent to an activating group) is 1. The van der Waals surface area contributed by atoms with E-state index in [4.69, 9.17) is 4.42 Å². The number of anilines is 1. The van der Waals surface area contributed by atoms with Crippen molar-refractivity contribution < 1.29 is 18.8 Å². The number of amides is 3. The number of furan rings is 1. The van der Waals surface area contributed by atoms with Crippen molar-refractivity contribution in [1.82, 2.24) is 9.80 Å². The Morgan fingerprint density at radius 2 is 2.00 bits per heavy atom. The topological polar surface area (TPSA) is 82.9 Å². The highest BCUT2D eigenvalue weighted by molar-refractivity contribution is 6.04. The van der Waals surface area contributed by atoms with Crippen LogP contribution in [0.1, 0.15) is 39.3 Å². The second-order valence-electron chi connectivity index (χ2n) is 6.85. The zero-order valence-electron chi connectivity index (χ0n) is 15.7. The van der Waals surface area contributed by atoms with Gasteiger partial charge in [0, 0.05) is 31.9 Å². The molecular weight excluding hydrogens is 346 g/mol. The van der Waals surface area contributed by atoms with Crippen LogP contribution >= 0.6 is 0 Å². The number of likely N-dealkylation sites (tertiary alicyclic amines) is 1. The van der Waals surface area contributed by atoms with Gasteiger partial charge in [-0.15, -0.1) is 0 Å². The summed E-state index contributed by atoms with van der Waals surface area (Å²) < 4.78 is 5.10. The van der Waals surface area contributed by atoms with Gasteiger partial charge in [-0.25, -0.2) is 0 Å². The maximum absolute atomic E-state index is 13.0. The van der Waals surface area contributed by atoms with E-state index in [1.54, 1.807) is 49.3 Å². The standard InChI is InChI=1S/C20H23N3O4/c1-13-8-9-14(12-15(13)21-18(24)17-7-5-11-27-17)19(25)23-10-4-6-16(23)20(26)22(2)3/h5,7-9,11-12,16H,4,6,10H2,1-3H3,(H,21,24). The maximum Gasteiger partial charge on any atom is 0.291 e. The third-order valence-corrected chi connectivity index (χ3v) is 4.72. The number of rotatable bonds is 4. The summed E-state index contributed by atoms with van der Waals surface area (Å²) in [7, 11) is 3.38. The first kappa shape index (κ1) is 18.7. The molecule has 1 fully saturated rings. The minimum Gasteiger partial charge on any atom is -0.459 e. The molecule has 0 aliphatic carbocycles. The molecule has 1 aliphatic heterocycles. The van der Waals surface area contributed by atoms with Gasteiger partial charge < -0.3 is 19.5 Å². The van der Waals surface area contributed by atoms with Crippen molar-refractivity contribution in [3.63, 3.8) is 0 Å². The molecule has 1 atom stereocenters. The zero-order chi connectivity index (χ0) is 19.6. The zero-order valence-corrected chi connectivity index (χ0v) is 15.7. The lowest BCUT2D eigenvalue weighted by Gasteiger charge is -2.26. The van der Waals surface area contributed by atoms with Crippen LogP contribution in [0.25, 0.3) is 0 Å². The van der Waals surface area contributed by atoms with Gasteiger partial charge in [0.05, 0.1) is 6.26 Å². The molecule has 142 valence electrons. The van der Waals surface area contributed by atoms with Crippen molar-refractivity contribution >= 4 is 23.4 Å². The molecule has 0 spiro atoms. The molecule has 1 aliphatic rings. The summed E-state index contributed by atoms with van der Waals surface area (Å²) in [5.74, 6) is -0.461. The third kappa shape index (κ3) is 3.86. The molecule has 2 aromatic rings. The molecule has 1 aromatic carbocycles. The van der Waals surface area contributed by atoms with Gasteiger partial charge >= 0.3 is 0 Å². The van der Waals surface area contributed by atoms with Gasteiger partial charge in [0.2, 0.25) is 5.91 Å². The van der Waals surface area contributed by atoms with E-state index in [1.165, 1.54) is 11.2 Å². The van der Waals surface area contributed by atoms with Crippen LogP contribution < -0.4 is 5.32 Å². The molecule has 2 heterocycles. The van der Waals surface area contributed by atoms with E-state index in [2.05, 4.69) is 5.32 Å². The van der Waals surface area contributed by atoms with E-state index in [0.29, 0.717) is 24.2 Å². The van der Waals surface area contributed by atoms with Crippen LogP contribution in [0.15, 0.2) is 41.0 Å². The Kier molecular flexibility index (Phi) is 5.30. The minimum absolute atomic E-state index is 0.0701. The first-order valence-electron chi connectivity index (χ1n) is 8.86. The lowest BCUT2D eigenvalue weighted by atomic mass is 10.1. The largest absolute Gasteiger partial charge is 0.459 e. The van der Waals surface area contributed by atoms with Crippen LogP contribution in [-0.4, -0.2) is 54.2 Å². The Morgan fingerprint density at radius 3 is 2.67 bits per heavy atom. The molecule has 1 aromatic heterocycles. The van der Waals surface area contributed by atoms with Gasteiger partial charge in [-0.05, 0) is 49.6 Å². The Bertz CT molecular complexity index is 858. The summed E-state index contributed by atoms with van der Waals surface area (Å²) in [6.45, 7) is 2.39. The number of nitrogens with zero attached hydrogens (tertiary/aromatic N) is 2. The first-order chi connectivity index (χ1) is 12.9. The predicted octanol–water partition coefficient (Wildman–Crippen LogP) is 2.53. The number of carbonyl (C=O) groups is 3. The van der Waals surface area contributed by atoms with E-state index in [1.807, 2.05) is 6.92 Å². The van der Waals surface area contributed by atoms with E-state index in [9.17, 15) is 14.4 Å². The second kappa shape index (κ2) is 7.65. The van der Waals surface area contributed by atoms with Gasteiger partial charge in [0.25, 0.3) is 11.8 Å². The Balaban J connectivity index is 1.81. The van der Waals surface area contributed by atoms with Gasteiger partial charge in [-0.3, -0.25) is 14.4 Å². The molecule has 1 saturated heterocycles. The monoisotopic (exact) mass is 369 g/mol.